The van der Waals surface area contributed by atoms with Gasteiger partial charge in [0.2, 0.25) is 5.91 Å². The molecule has 31 heavy (non-hydrogen) atoms. The van der Waals surface area contributed by atoms with E-state index in [0.29, 0.717) is 4.90 Å². The van der Waals surface area contributed by atoms with E-state index in [0.717, 1.165) is 23.9 Å². The highest BCUT2D eigenvalue weighted by atomic mass is 32.2. The molecule has 10 heteroatoms. The molecule has 0 fully saturated rings. The van der Waals surface area contributed by atoms with Crippen molar-refractivity contribution in [3.63, 3.8) is 0 Å². The molecule has 2 aromatic carbocycles. The molecule has 1 unspecified atom stereocenters. The molecule has 0 heterocycles. The second-order valence-electron chi connectivity index (χ2n) is 6.65. The molecule has 1 N–H and O–H groups in total. The maximum atomic E-state index is 13.1. The molecule has 2 aromatic rings. The first kappa shape index (κ1) is 24.3. The normalized spacial score (nSPS) is 12.1. The summed E-state index contributed by atoms with van der Waals surface area (Å²) in [5.41, 5.74) is -1.29. The van der Waals surface area contributed by atoms with Crippen LogP contribution >= 0.6 is 11.8 Å². The molecule has 6 nitrogen and oxygen atoms in total. The summed E-state index contributed by atoms with van der Waals surface area (Å²) in [5, 5.41) is 2.15. The van der Waals surface area contributed by atoms with Gasteiger partial charge < -0.3 is 15.0 Å². The molecular weight excluding hydrogens is 433 g/mol. The van der Waals surface area contributed by atoms with Crippen LogP contribution in [-0.2, 0) is 20.5 Å². The lowest BCUT2D eigenvalue weighted by Gasteiger charge is -2.17. The number of hydrogen-bond donors (Lipinski definition) is 1. The number of esters is 1. The summed E-state index contributed by atoms with van der Waals surface area (Å²) >= 11 is 1.14. The predicted molar refractivity (Wildman–Crippen MR) is 111 cm³/mol. The highest BCUT2D eigenvalue weighted by Gasteiger charge is 2.34. The number of amides is 2. The van der Waals surface area contributed by atoms with Gasteiger partial charge in [-0.1, -0.05) is 24.3 Å². The summed E-state index contributed by atoms with van der Waals surface area (Å²) in [4.78, 5) is 38.6. The standard InChI is InChI=1S/C21H21F3N2O4S/c1-13(19(28)25-16-10-6-5-9-15(16)21(22,23)24)30-20(29)14-8-4-7-11-17(14)31-12-18(27)26(2)3/h4-11,13H,12H2,1-3H3,(H,25,28). The van der Waals surface area contributed by atoms with Gasteiger partial charge in [0.15, 0.2) is 6.10 Å². The van der Waals surface area contributed by atoms with Crippen molar-refractivity contribution in [1.29, 1.82) is 0 Å². The van der Waals surface area contributed by atoms with Gasteiger partial charge in [0.05, 0.1) is 22.6 Å². The summed E-state index contributed by atoms with van der Waals surface area (Å²) in [6, 6.07) is 10.9. The van der Waals surface area contributed by atoms with E-state index < -0.39 is 35.4 Å². The average Bonchev–Trinajstić information content (AvgIpc) is 2.71. The smallest absolute Gasteiger partial charge is 0.418 e. The Kier molecular flexibility index (Phi) is 8.09. The lowest BCUT2D eigenvalue weighted by molar-refractivity contribution is -0.137. The number of halogens is 3. The maximum Gasteiger partial charge on any atom is 0.418 e. The van der Waals surface area contributed by atoms with Crippen molar-refractivity contribution in [2.45, 2.75) is 24.1 Å². The predicted octanol–water partition coefficient (Wildman–Crippen LogP) is 4.07. The molecule has 166 valence electrons. The van der Waals surface area contributed by atoms with Crippen molar-refractivity contribution in [1.82, 2.24) is 4.90 Å². The molecule has 0 saturated carbocycles. The van der Waals surface area contributed by atoms with Gasteiger partial charge in [0.25, 0.3) is 5.91 Å². The largest absolute Gasteiger partial charge is 0.449 e. The molecule has 1 atom stereocenters. The van der Waals surface area contributed by atoms with E-state index in [4.69, 9.17) is 4.74 Å². The second-order valence-corrected chi connectivity index (χ2v) is 7.67. The number of benzene rings is 2. The van der Waals surface area contributed by atoms with Crippen molar-refractivity contribution in [2.75, 3.05) is 25.2 Å². The van der Waals surface area contributed by atoms with Gasteiger partial charge in [-0.2, -0.15) is 13.2 Å². The Morgan fingerprint density at radius 3 is 2.32 bits per heavy atom. The SMILES string of the molecule is CC(OC(=O)c1ccccc1SCC(=O)N(C)C)C(=O)Nc1ccccc1C(F)(F)F. The number of carbonyl (C=O) groups is 3. The number of alkyl halides is 3. The number of anilines is 1. The van der Waals surface area contributed by atoms with Crippen LogP contribution in [0.25, 0.3) is 0 Å². The number of thioether (sulfide) groups is 1. The lowest BCUT2D eigenvalue weighted by atomic mass is 10.1. The third-order valence-corrected chi connectivity index (χ3v) is 5.16. The summed E-state index contributed by atoms with van der Waals surface area (Å²) in [6.07, 6.45) is -6.00. The molecule has 2 amide bonds. The second kappa shape index (κ2) is 10.3. The molecule has 0 aliphatic rings. The minimum Gasteiger partial charge on any atom is -0.449 e. The number of nitrogens with zero attached hydrogens (tertiary/aromatic N) is 1. The first-order chi connectivity index (χ1) is 14.5. The number of ether oxygens (including phenoxy) is 1. The zero-order valence-corrected chi connectivity index (χ0v) is 17.8. The number of nitrogens with one attached hydrogen (secondary N) is 1. The Labute approximate surface area is 181 Å². The summed E-state index contributed by atoms with van der Waals surface area (Å²) in [6.45, 7) is 1.26. The van der Waals surface area contributed by atoms with Crippen LogP contribution in [0.15, 0.2) is 53.4 Å². The van der Waals surface area contributed by atoms with E-state index >= 15 is 0 Å². The zero-order chi connectivity index (χ0) is 23.2. The Balaban J connectivity index is 2.08. The molecule has 0 aliphatic carbocycles. The van der Waals surface area contributed by atoms with Crippen LogP contribution in [0.4, 0.5) is 18.9 Å². The Morgan fingerprint density at radius 1 is 1.06 bits per heavy atom. The Morgan fingerprint density at radius 2 is 1.68 bits per heavy atom. The van der Waals surface area contributed by atoms with Gasteiger partial charge in [-0.25, -0.2) is 4.79 Å². The van der Waals surface area contributed by atoms with Gasteiger partial charge in [0, 0.05) is 19.0 Å². The average molecular weight is 454 g/mol. The fraction of sp³-hybridized carbons (Fsp3) is 0.286. The molecule has 0 saturated heterocycles. The van der Waals surface area contributed by atoms with E-state index in [1.165, 1.54) is 30.0 Å². The van der Waals surface area contributed by atoms with Crippen molar-refractivity contribution in [3.8, 4) is 0 Å². The van der Waals surface area contributed by atoms with Crippen LogP contribution in [0.2, 0.25) is 0 Å². The number of para-hydroxylation sites is 1. The van der Waals surface area contributed by atoms with Crippen LogP contribution in [0.1, 0.15) is 22.8 Å². The van der Waals surface area contributed by atoms with Gasteiger partial charge >= 0.3 is 12.1 Å². The van der Waals surface area contributed by atoms with Crippen molar-refractivity contribution >= 4 is 35.2 Å². The number of rotatable bonds is 7. The molecule has 0 radical (unpaired) electrons. The summed E-state index contributed by atoms with van der Waals surface area (Å²) < 4.78 is 44.4. The van der Waals surface area contributed by atoms with Crippen LogP contribution < -0.4 is 5.32 Å². The molecule has 0 aromatic heterocycles. The fourth-order valence-electron chi connectivity index (χ4n) is 2.38. The highest BCUT2D eigenvalue weighted by Crippen LogP contribution is 2.34. The monoisotopic (exact) mass is 454 g/mol. The van der Waals surface area contributed by atoms with E-state index in [1.807, 2.05) is 0 Å². The van der Waals surface area contributed by atoms with Crippen molar-refractivity contribution in [2.24, 2.45) is 0 Å². The zero-order valence-electron chi connectivity index (χ0n) is 17.0. The van der Waals surface area contributed by atoms with Crippen molar-refractivity contribution < 1.29 is 32.3 Å². The van der Waals surface area contributed by atoms with Crippen LogP contribution in [-0.4, -0.2) is 48.6 Å². The minimum absolute atomic E-state index is 0.0988. The van der Waals surface area contributed by atoms with Crippen LogP contribution in [0.5, 0.6) is 0 Å². The highest BCUT2D eigenvalue weighted by molar-refractivity contribution is 8.00. The first-order valence-corrected chi connectivity index (χ1v) is 10.1. The maximum absolute atomic E-state index is 13.1. The summed E-state index contributed by atoms with van der Waals surface area (Å²) in [5.74, 6) is -1.78. The molecule has 0 spiro atoms. The fourth-order valence-corrected chi connectivity index (χ4v) is 3.40. The van der Waals surface area contributed by atoms with E-state index in [1.54, 1.807) is 32.3 Å². The third-order valence-electron chi connectivity index (χ3n) is 4.10. The minimum atomic E-state index is -4.65. The molecule has 0 bridgehead atoms. The van der Waals surface area contributed by atoms with Gasteiger partial charge in [-0.05, 0) is 31.2 Å². The Bertz CT molecular complexity index is 964. The van der Waals surface area contributed by atoms with Gasteiger partial charge in [-0.3, -0.25) is 9.59 Å². The topological polar surface area (TPSA) is 75.7 Å². The third kappa shape index (κ3) is 6.74. The van der Waals surface area contributed by atoms with Crippen molar-refractivity contribution in [3.05, 3.63) is 59.7 Å². The molecular formula is C21H21F3N2O4S. The van der Waals surface area contributed by atoms with E-state index in [-0.39, 0.29) is 17.2 Å². The van der Waals surface area contributed by atoms with Crippen LogP contribution in [0.3, 0.4) is 0 Å². The van der Waals surface area contributed by atoms with E-state index in [9.17, 15) is 27.6 Å². The quantitative estimate of drug-likeness (QED) is 0.504. The molecule has 2 rings (SSSR count). The summed E-state index contributed by atoms with van der Waals surface area (Å²) in [7, 11) is 3.22. The Hall–Kier alpha value is -3.01. The van der Waals surface area contributed by atoms with Gasteiger partial charge in [-0.15, -0.1) is 11.8 Å². The lowest BCUT2D eigenvalue weighted by Crippen LogP contribution is -2.31. The number of hydrogen-bond acceptors (Lipinski definition) is 5. The van der Waals surface area contributed by atoms with Crippen LogP contribution in [0, 0.1) is 0 Å². The van der Waals surface area contributed by atoms with E-state index in [2.05, 4.69) is 5.32 Å². The number of carbonyl (C=O) groups excluding carboxylic acids is 3. The molecule has 0 aliphatic heterocycles. The van der Waals surface area contributed by atoms with Gasteiger partial charge in [0.1, 0.15) is 0 Å². The first-order valence-electron chi connectivity index (χ1n) is 9.10.